The maximum absolute atomic E-state index is 3.68. The summed E-state index contributed by atoms with van der Waals surface area (Å²) in [5, 5.41) is 3.68. The number of rotatable bonds is 7. The monoisotopic (exact) mass is 259 g/mol. The lowest BCUT2D eigenvalue weighted by Gasteiger charge is -2.16. The largest absolute Gasteiger partial charge is 0.310 e. The zero-order valence-corrected chi connectivity index (χ0v) is 12.6. The second-order valence-corrected chi connectivity index (χ2v) is 6.11. The zero-order chi connectivity index (χ0) is 13.5. The summed E-state index contributed by atoms with van der Waals surface area (Å²) in [5.74, 6) is 0.992. The number of aryl methyl sites for hydroxylation is 1. The lowest BCUT2D eigenvalue weighted by atomic mass is 10.0. The van der Waals surface area contributed by atoms with Crippen LogP contribution in [0.15, 0.2) is 24.3 Å². The molecule has 0 heterocycles. The van der Waals surface area contributed by atoms with Crippen LogP contribution in [0.1, 0.15) is 69.5 Å². The molecule has 1 N–H and O–H groups in total. The molecule has 2 rings (SSSR count). The first kappa shape index (κ1) is 14.6. The number of benzene rings is 1. The molecule has 0 aromatic heterocycles. The molecule has 0 aliphatic heterocycles. The van der Waals surface area contributed by atoms with Crippen molar-refractivity contribution in [3.63, 3.8) is 0 Å². The molecule has 0 saturated heterocycles. The summed E-state index contributed by atoms with van der Waals surface area (Å²) in [6.07, 6.45) is 9.62. The van der Waals surface area contributed by atoms with E-state index in [0.717, 1.165) is 5.92 Å². The number of hydrogen-bond acceptors (Lipinski definition) is 1. The molecule has 1 atom stereocenters. The molecule has 1 aromatic rings. The van der Waals surface area contributed by atoms with Crippen molar-refractivity contribution in [3.05, 3.63) is 35.4 Å². The van der Waals surface area contributed by atoms with Crippen molar-refractivity contribution < 1.29 is 0 Å². The van der Waals surface area contributed by atoms with E-state index in [1.807, 2.05) is 0 Å². The minimum atomic E-state index is 0.483. The van der Waals surface area contributed by atoms with Gasteiger partial charge in [-0.3, -0.25) is 0 Å². The summed E-state index contributed by atoms with van der Waals surface area (Å²) in [6, 6.07) is 9.63. The third-order valence-corrected chi connectivity index (χ3v) is 4.50. The van der Waals surface area contributed by atoms with E-state index in [9.17, 15) is 0 Å². The van der Waals surface area contributed by atoms with Gasteiger partial charge in [0.15, 0.2) is 0 Å². The third-order valence-electron chi connectivity index (χ3n) is 4.50. The molecule has 1 heteroatoms. The van der Waals surface area contributed by atoms with Gasteiger partial charge >= 0.3 is 0 Å². The average Bonchev–Trinajstić information content (AvgIpc) is 2.93. The Balaban J connectivity index is 1.73. The molecule has 1 aliphatic rings. The first-order valence-corrected chi connectivity index (χ1v) is 8.12. The van der Waals surface area contributed by atoms with Crippen molar-refractivity contribution in [2.75, 3.05) is 6.54 Å². The lowest BCUT2D eigenvalue weighted by Crippen LogP contribution is -2.21. The van der Waals surface area contributed by atoms with Crippen molar-refractivity contribution in [3.8, 4) is 0 Å². The lowest BCUT2D eigenvalue weighted by molar-refractivity contribution is 0.455. The van der Waals surface area contributed by atoms with Gasteiger partial charge < -0.3 is 5.32 Å². The maximum Gasteiger partial charge on any atom is 0.0291 e. The second kappa shape index (κ2) is 7.69. The summed E-state index contributed by atoms with van der Waals surface area (Å²) in [5.41, 5.74) is 2.88. The van der Waals surface area contributed by atoms with E-state index < -0.39 is 0 Å². The Morgan fingerprint density at radius 3 is 2.47 bits per heavy atom. The van der Waals surface area contributed by atoms with Crippen LogP contribution in [-0.2, 0) is 6.42 Å². The molecule has 1 unspecified atom stereocenters. The van der Waals surface area contributed by atoms with Crippen LogP contribution in [0.25, 0.3) is 0 Å². The Bertz CT molecular complexity index is 348. The van der Waals surface area contributed by atoms with Crippen LogP contribution >= 0.6 is 0 Å². The molecule has 0 bridgehead atoms. The molecular formula is C18H29N. The van der Waals surface area contributed by atoms with Crippen molar-refractivity contribution in [1.82, 2.24) is 5.32 Å². The molecule has 19 heavy (non-hydrogen) atoms. The van der Waals surface area contributed by atoms with Crippen LogP contribution < -0.4 is 5.32 Å². The van der Waals surface area contributed by atoms with E-state index in [1.165, 1.54) is 62.6 Å². The Morgan fingerprint density at radius 1 is 1.16 bits per heavy atom. The van der Waals surface area contributed by atoms with Crippen LogP contribution in [0, 0.1) is 5.92 Å². The molecule has 106 valence electrons. The van der Waals surface area contributed by atoms with E-state index in [-0.39, 0.29) is 0 Å². The summed E-state index contributed by atoms with van der Waals surface area (Å²) < 4.78 is 0. The zero-order valence-electron chi connectivity index (χ0n) is 12.6. The highest BCUT2D eigenvalue weighted by atomic mass is 14.9. The second-order valence-electron chi connectivity index (χ2n) is 6.11. The smallest absolute Gasteiger partial charge is 0.0291 e. The first-order valence-electron chi connectivity index (χ1n) is 8.12. The minimum absolute atomic E-state index is 0.483. The Hall–Kier alpha value is -0.820. The summed E-state index contributed by atoms with van der Waals surface area (Å²) in [6.45, 7) is 5.69. The highest BCUT2D eigenvalue weighted by molar-refractivity contribution is 5.24. The SMILES string of the molecule is CCCc1ccc(C(C)NCCC2CCCC2)cc1. The van der Waals surface area contributed by atoms with Crippen LogP contribution in [-0.4, -0.2) is 6.54 Å². The van der Waals surface area contributed by atoms with Crippen LogP contribution in [0.4, 0.5) is 0 Å². The fraction of sp³-hybridized carbons (Fsp3) is 0.667. The molecule has 1 nitrogen and oxygen atoms in total. The van der Waals surface area contributed by atoms with Crippen LogP contribution in [0.2, 0.25) is 0 Å². The molecule has 0 radical (unpaired) electrons. The van der Waals surface area contributed by atoms with E-state index in [2.05, 4.69) is 43.4 Å². The minimum Gasteiger partial charge on any atom is -0.310 e. The van der Waals surface area contributed by atoms with Gasteiger partial charge in [-0.25, -0.2) is 0 Å². The Labute approximate surface area is 118 Å². The van der Waals surface area contributed by atoms with Crippen molar-refractivity contribution in [2.24, 2.45) is 5.92 Å². The van der Waals surface area contributed by atoms with Crippen LogP contribution in [0.3, 0.4) is 0 Å². The van der Waals surface area contributed by atoms with Crippen molar-refractivity contribution >= 4 is 0 Å². The van der Waals surface area contributed by atoms with Gasteiger partial charge in [-0.05, 0) is 43.4 Å². The van der Waals surface area contributed by atoms with E-state index in [4.69, 9.17) is 0 Å². The summed E-state index contributed by atoms with van der Waals surface area (Å²) >= 11 is 0. The standard InChI is InChI=1S/C18H29N/c1-3-6-16-9-11-18(12-10-16)15(2)19-14-13-17-7-4-5-8-17/h9-12,15,17,19H,3-8,13-14H2,1-2H3. The molecule has 1 aliphatic carbocycles. The maximum atomic E-state index is 3.68. The molecular weight excluding hydrogens is 230 g/mol. The molecule has 0 spiro atoms. The highest BCUT2D eigenvalue weighted by Gasteiger charge is 2.14. The number of nitrogens with one attached hydrogen (secondary N) is 1. The van der Waals surface area contributed by atoms with Crippen molar-refractivity contribution in [2.45, 2.75) is 64.8 Å². The van der Waals surface area contributed by atoms with Gasteiger partial charge in [-0.1, -0.05) is 63.3 Å². The molecule has 0 amide bonds. The Morgan fingerprint density at radius 2 is 1.84 bits per heavy atom. The number of hydrogen-bond donors (Lipinski definition) is 1. The average molecular weight is 259 g/mol. The van der Waals surface area contributed by atoms with Gasteiger partial charge in [0.05, 0.1) is 0 Å². The molecule has 1 fully saturated rings. The Kier molecular flexibility index (Phi) is 5.91. The predicted octanol–water partition coefficient (Wildman–Crippen LogP) is 4.87. The third kappa shape index (κ3) is 4.65. The quantitative estimate of drug-likeness (QED) is 0.736. The van der Waals surface area contributed by atoms with E-state index >= 15 is 0 Å². The van der Waals surface area contributed by atoms with Gasteiger partial charge in [0.25, 0.3) is 0 Å². The predicted molar refractivity (Wildman–Crippen MR) is 83.4 cm³/mol. The fourth-order valence-electron chi connectivity index (χ4n) is 3.18. The molecule has 1 saturated carbocycles. The van der Waals surface area contributed by atoms with E-state index in [1.54, 1.807) is 0 Å². The van der Waals surface area contributed by atoms with Crippen LogP contribution in [0.5, 0.6) is 0 Å². The molecule has 1 aromatic carbocycles. The van der Waals surface area contributed by atoms with Gasteiger partial charge in [-0.15, -0.1) is 0 Å². The van der Waals surface area contributed by atoms with Crippen molar-refractivity contribution in [1.29, 1.82) is 0 Å². The normalized spacial score (nSPS) is 17.8. The topological polar surface area (TPSA) is 12.0 Å². The summed E-state index contributed by atoms with van der Waals surface area (Å²) in [4.78, 5) is 0. The summed E-state index contributed by atoms with van der Waals surface area (Å²) in [7, 11) is 0. The van der Waals surface area contributed by atoms with Gasteiger partial charge in [0.2, 0.25) is 0 Å². The van der Waals surface area contributed by atoms with Gasteiger partial charge in [0.1, 0.15) is 0 Å². The van der Waals surface area contributed by atoms with Gasteiger partial charge in [-0.2, -0.15) is 0 Å². The highest BCUT2D eigenvalue weighted by Crippen LogP contribution is 2.27. The van der Waals surface area contributed by atoms with E-state index in [0.29, 0.717) is 6.04 Å². The first-order chi connectivity index (χ1) is 9.29. The fourth-order valence-corrected chi connectivity index (χ4v) is 3.18. The van der Waals surface area contributed by atoms with Gasteiger partial charge in [0, 0.05) is 6.04 Å².